The van der Waals surface area contributed by atoms with Crippen LogP contribution in [0.4, 0.5) is 16.2 Å². The molecule has 0 fully saturated rings. The Hall–Kier alpha value is -2.53. The molecule has 3 N–H and O–H groups in total. The number of urea groups is 1. The summed E-state index contributed by atoms with van der Waals surface area (Å²) in [6.45, 7) is 10.8. The molecule has 150 valence electrons. The zero-order valence-electron chi connectivity index (χ0n) is 17.4. The molecule has 2 aromatic rings. The Morgan fingerprint density at radius 3 is 2.50 bits per heavy atom. The molecule has 0 radical (unpaired) electrons. The number of nitrogens with one attached hydrogen (secondary N) is 2. The molecule has 3 rings (SSSR count). The van der Waals surface area contributed by atoms with Crippen LogP contribution in [0.3, 0.4) is 0 Å². The van der Waals surface area contributed by atoms with Crippen LogP contribution in [0.25, 0.3) is 0 Å². The number of carbonyl (C=O) groups is 1. The second-order valence-corrected chi connectivity index (χ2v) is 9.24. The van der Waals surface area contributed by atoms with E-state index < -0.39 is 6.23 Å². The normalized spacial score (nSPS) is 18.4. The quantitative estimate of drug-likeness (QED) is 0.727. The number of amides is 2. The monoisotopic (exact) mass is 381 g/mol. The van der Waals surface area contributed by atoms with Crippen LogP contribution in [-0.4, -0.2) is 22.9 Å². The Balaban J connectivity index is 1.89. The number of hydrogen-bond acceptors (Lipinski definition) is 3. The fourth-order valence-electron chi connectivity index (χ4n) is 3.72. The summed E-state index contributed by atoms with van der Waals surface area (Å²) in [5.41, 5.74) is 3.55. The van der Waals surface area contributed by atoms with Crippen LogP contribution in [0.1, 0.15) is 52.2 Å². The van der Waals surface area contributed by atoms with Crippen molar-refractivity contribution < 1.29 is 9.90 Å². The van der Waals surface area contributed by atoms with E-state index >= 15 is 0 Å². The van der Waals surface area contributed by atoms with Gasteiger partial charge in [0.05, 0.1) is 0 Å². The third kappa shape index (κ3) is 4.65. The molecule has 0 bridgehead atoms. The molecule has 1 aliphatic heterocycles. The SMILES string of the molecule is CC(C)(C)NC(=O)Nc1ccc2c(c1)C(C)(C)CC(O)N2Cc1ccccc1. The lowest BCUT2D eigenvalue weighted by Crippen LogP contribution is -2.45. The van der Waals surface area contributed by atoms with E-state index in [2.05, 4.69) is 36.6 Å². The average molecular weight is 382 g/mol. The maximum absolute atomic E-state index is 12.2. The Morgan fingerprint density at radius 1 is 1.18 bits per heavy atom. The predicted octanol–water partition coefficient (Wildman–Crippen LogP) is 4.61. The largest absolute Gasteiger partial charge is 0.374 e. The van der Waals surface area contributed by atoms with Crippen molar-refractivity contribution >= 4 is 17.4 Å². The lowest BCUT2D eigenvalue weighted by atomic mass is 9.76. The summed E-state index contributed by atoms with van der Waals surface area (Å²) in [6, 6.07) is 15.9. The highest BCUT2D eigenvalue weighted by molar-refractivity contribution is 5.90. The van der Waals surface area contributed by atoms with E-state index in [0.29, 0.717) is 13.0 Å². The molecule has 1 atom stereocenters. The van der Waals surface area contributed by atoms with Crippen molar-refractivity contribution in [1.82, 2.24) is 5.32 Å². The number of anilines is 2. The van der Waals surface area contributed by atoms with Gasteiger partial charge in [0.2, 0.25) is 0 Å². The van der Waals surface area contributed by atoms with Crippen molar-refractivity contribution in [2.24, 2.45) is 0 Å². The van der Waals surface area contributed by atoms with Crippen LogP contribution in [0, 0.1) is 0 Å². The molecule has 1 heterocycles. The standard InChI is InChI=1S/C23H31N3O2/c1-22(2,3)25-21(28)24-17-11-12-19-18(13-17)23(4,5)14-20(27)26(19)15-16-9-7-6-8-10-16/h6-13,20,27H,14-15H2,1-5H3,(H2,24,25,28). The summed E-state index contributed by atoms with van der Waals surface area (Å²) in [5.74, 6) is 0. The third-order valence-corrected chi connectivity index (χ3v) is 5.03. The van der Waals surface area contributed by atoms with E-state index in [1.54, 1.807) is 0 Å². The molecule has 0 aliphatic carbocycles. The van der Waals surface area contributed by atoms with Crippen molar-refractivity contribution in [1.29, 1.82) is 0 Å². The van der Waals surface area contributed by atoms with Gasteiger partial charge in [-0.1, -0.05) is 44.2 Å². The highest BCUT2D eigenvalue weighted by atomic mass is 16.3. The van der Waals surface area contributed by atoms with Crippen molar-refractivity contribution in [3.8, 4) is 0 Å². The van der Waals surface area contributed by atoms with Crippen LogP contribution in [0.15, 0.2) is 48.5 Å². The average Bonchev–Trinajstić information content (AvgIpc) is 2.57. The van der Waals surface area contributed by atoms with Crippen LogP contribution in [0.2, 0.25) is 0 Å². The number of nitrogens with zero attached hydrogens (tertiary/aromatic N) is 1. The summed E-state index contributed by atoms with van der Waals surface area (Å²) < 4.78 is 0. The maximum Gasteiger partial charge on any atom is 0.319 e. The van der Waals surface area contributed by atoms with Gasteiger partial charge in [0.1, 0.15) is 6.23 Å². The summed E-state index contributed by atoms with van der Waals surface area (Å²) in [5, 5.41) is 16.6. The second kappa shape index (κ2) is 7.47. The summed E-state index contributed by atoms with van der Waals surface area (Å²) in [4.78, 5) is 14.3. The molecule has 5 heteroatoms. The Bertz CT molecular complexity index is 841. The van der Waals surface area contributed by atoms with Crippen molar-refractivity contribution in [2.75, 3.05) is 10.2 Å². The highest BCUT2D eigenvalue weighted by Gasteiger charge is 2.36. The van der Waals surface area contributed by atoms with Crippen molar-refractivity contribution in [2.45, 2.75) is 64.8 Å². The molecule has 2 amide bonds. The summed E-state index contributed by atoms with van der Waals surface area (Å²) in [6.07, 6.45) is 0.0792. The maximum atomic E-state index is 12.2. The topological polar surface area (TPSA) is 64.6 Å². The van der Waals surface area contributed by atoms with Gasteiger partial charge in [-0.3, -0.25) is 0 Å². The van der Waals surface area contributed by atoms with Crippen molar-refractivity contribution in [3.63, 3.8) is 0 Å². The second-order valence-electron chi connectivity index (χ2n) is 9.24. The first kappa shape index (κ1) is 20.2. The van der Waals surface area contributed by atoms with Gasteiger partial charge in [-0.05, 0) is 55.5 Å². The number of benzene rings is 2. The molecular formula is C23H31N3O2. The van der Waals surface area contributed by atoms with Crippen LogP contribution < -0.4 is 15.5 Å². The smallest absolute Gasteiger partial charge is 0.319 e. The van der Waals surface area contributed by atoms with Gasteiger partial charge in [-0.2, -0.15) is 0 Å². The van der Waals surface area contributed by atoms with Crippen LogP contribution >= 0.6 is 0 Å². The predicted molar refractivity (Wildman–Crippen MR) is 115 cm³/mol. The molecule has 0 aromatic heterocycles. The first-order valence-electron chi connectivity index (χ1n) is 9.77. The molecule has 1 aliphatic rings. The van der Waals surface area contributed by atoms with Gasteiger partial charge < -0.3 is 20.6 Å². The summed E-state index contributed by atoms with van der Waals surface area (Å²) in [7, 11) is 0. The van der Waals surface area contributed by atoms with Gasteiger partial charge in [0, 0.05) is 29.9 Å². The lowest BCUT2D eigenvalue weighted by molar-refractivity contribution is 0.123. The number of fused-ring (bicyclic) bond motifs is 1. The molecule has 0 spiro atoms. The lowest BCUT2D eigenvalue weighted by Gasteiger charge is -2.44. The van der Waals surface area contributed by atoms with Crippen LogP contribution in [-0.2, 0) is 12.0 Å². The van der Waals surface area contributed by atoms with E-state index in [1.807, 2.05) is 62.1 Å². The minimum absolute atomic E-state index is 0.194. The van der Waals surface area contributed by atoms with E-state index in [0.717, 1.165) is 22.5 Å². The zero-order valence-corrected chi connectivity index (χ0v) is 17.4. The van der Waals surface area contributed by atoms with Crippen LogP contribution in [0.5, 0.6) is 0 Å². The van der Waals surface area contributed by atoms with E-state index in [9.17, 15) is 9.90 Å². The van der Waals surface area contributed by atoms with E-state index in [1.165, 1.54) is 0 Å². The minimum Gasteiger partial charge on any atom is -0.374 e. The molecule has 0 saturated heterocycles. The molecule has 2 aromatic carbocycles. The minimum atomic E-state index is -0.550. The van der Waals surface area contributed by atoms with Gasteiger partial charge >= 0.3 is 6.03 Å². The number of aliphatic hydroxyl groups excluding tert-OH is 1. The first-order valence-corrected chi connectivity index (χ1v) is 9.77. The first-order chi connectivity index (χ1) is 13.0. The fraction of sp³-hybridized carbons (Fsp3) is 0.435. The number of hydrogen-bond donors (Lipinski definition) is 3. The van der Waals surface area contributed by atoms with Crippen molar-refractivity contribution in [3.05, 3.63) is 59.7 Å². The number of aliphatic hydroxyl groups is 1. The van der Waals surface area contributed by atoms with Gasteiger partial charge in [0.25, 0.3) is 0 Å². The molecule has 0 saturated carbocycles. The Morgan fingerprint density at radius 2 is 1.86 bits per heavy atom. The molecule has 28 heavy (non-hydrogen) atoms. The molecular weight excluding hydrogens is 350 g/mol. The van der Waals surface area contributed by atoms with Gasteiger partial charge in [-0.15, -0.1) is 0 Å². The number of rotatable bonds is 3. The summed E-state index contributed by atoms with van der Waals surface area (Å²) >= 11 is 0. The van der Waals surface area contributed by atoms with Gasteiger partial charge in [0.15, 0.2) is 0 Å². The Kier molecular flexibility index (Phi) is 5.39. The molecule has 5 nitrogen and oxygen atoms in total. The number of carbonyl (C=O) groups excluding carboxylic acids is 1. The fourth-order valence-corrected chi connectivity index (χ4v) is 3.72. The molecule has 1 unspecified atom stereocenters. The van der Waals surface area contributed by atoms with E-state index in [-0.39, 0.29) is 17.0 Å². The Labute approximate surface area is 167 Å². The third-order valence-electron chi connectivity index (χ3n) is 5.03. The zero-order chi connectivity index (χ0) is 20.5. The highest BCUT2D eigenvalue weighted by Crippen LogP contribution is 2.43. The van der Waals surface area contributed by atoms with Gasteiger partial charge in [-0.25, -0.2) is 4.79 Å². The van der Waals surface area contributed by atoms with E-state index in [4.69, 9.17) is 0 Å².